The van der Waals surface area contributed by atoms with Gasteiger partial charge >= 0.3 is 0 Å². The van der Waals surface area contributed by atoms with Gasteiger partial charge in [-0.15, -0.1) is 0 Å². The molecule has 0 radical (unpaired) electrons. The fourth-order valence-corrected chi connectivity index (χ4v) is 1.30. The van der Waals surface area contributed by atoms with E-state index in [0.717, 1.165) is 0 Å². The second-order valence-electron chi connectivity index (χ2n) is 3.26. The molecule has 84 valence electrons. The number of ketones is 1. The molecule has 0 saturated heterocycles. The number of nitrogens with zero attached hydrogens (tertiary/aromatic N) is 1. The summed E-state index contributed by atoms with van der Waals surface area (Å²) >= 11 is 5.79. The van der Waals surface area contributed by atoms with Crippen molar-refractivity contribution in [2.24, 2.45) is 5.10 Å². The van der Waals surface area contributed by atoms with Crippen molar-refractivity contribution in [1.82, 2.24) is 0 Å². The quantitative estimate of drug-likeness (QED) is 0.625. The third-order valence-electron chi connectivity index (χ3n) is 1.81. The number of hydrogen-bond donors (Lipinski definition) is 2. The molecule has 0 amide bonds. The number of carbonyl (C=O) groups is 1. The Labute approximate surface area is 98.8 Å². The molecule has 0 bridgehead atoms. The molecule has 0 aromatic heterocycles. The van der Waals surface area contributed by atoms with Gasteiger partial charge in [0.05, 0.1) is 11.4 Å². The number of Topliss-reactive ketones (excluding diaryl/α,β-unsaturated/α-hetero) is 1. The van der Waals surface area contributed by atoms with Crippen LogP contribution in [0, 0.1) is 5.41 Å². The minimum Gasteiger partial charge on any atom is -0.303 e. The summed E-state index contributed by atoms with van der Waals surface area (Å²) in [5.41, 5.74) is 3.60. The molecule has 1 aromatic carbocycles. The molecule has 0 aliphatic rings. The van der Waals surface area contributed by atoms with Gasteiger partial charge in [-0.05, 0) is 25.1 Å². The van der Waals surface area contributed by atoms with E-state index in [1.807, 2.05) is 0 Å². The number of benzene rings is 1. The van der Waals surface area contributed by atoms with Gasteiger partial charge in [0.25, 0.3) is 0 Å². The Bertz CT molecular complexity index is 438. The maximum absolute atomic E-state index is 11.1. The number of hydrazone groups is 1. The topological polar surface area (TPSA) is 65.3 Å². The average molecular weight is 238 g/mol. The molecular formula is C11H12ClN3O. The van der Waals surface area contributed by atoms with Crippen LogP contribution in [0.25, 0.3) is 0 Å². The van der Waals surface area contributed by atoms with Gasteiger partial charge in [0.2, 0.25) is 0 Å². The second-order valence-corrected chi connectivity index (χ2v) is 3.70. The minimum atomic E-state index is -0.248. The van der Waals surface area contributed by atoms with E-state index < -0.39 is 0 Å². The molecule has 0 fully saturated rings. The van der Waals surface area contributed by atoms with Crippen LogP contribution in [0.4, 0.5) is 5.69 Å². The highest BCUT2D eigenvalue weighted by Gasteiger charge is 2.07. The Morgan fingerprint density at radius 2 is 2.12 bits per heavy atom. The normalized spacial score (nSPS) is 11.1. The summed E-state index contributed by atoms with van der Waals surface area (Å²) in [6.07, 6.45) is 0. The first-order chi connectivity index (χ1) is 7.50. The Balaban J connectivity index is 2.85. The third-order valence-corrected chi connectivity index (χ3v) is 2.05. The lowest BCUT2D eigenvalue weighted by Crippen LogP contribution is -2.19. The average Bonchev–Trinajstić information content (AvgIpc) is 2.16. The van der Waals surface area contributed by atoms with Crippen molar-refractivity contribution in [1.29, 1.82) is 5.41 Å². The van der Waals surface area contributed by atoms with E-state index in [1.165, 1.54) is 13.8 Å². The van der Waals surface area contributed by atoms with E-state index in [2.05, 4.69) is 10.5 Å². The van der Waals surface area contributed by atoms with Crippen LogP contribution in [-0.2, 0) is 4.79 Å². The van der Waals surface area contributed by atoms with Crippen molar-refractivity contribution in [3.8, 4) is 0 Å². The fourth-order valence-electron chi connectivity index (χ4n) is 1.11. The smallest absolute Gasteiger partial charge is 0.181 e. The van der Waals surface area contributed by atoms with Gasteiger partial charge in [-0.3, -0.25) is 10.2 Å². The highest BCUT2D eigenvalue weighted by atomic mass is 35.5. The molecule has 0 unspecified atom stereocenters. The standard InChI is InChI=1S/C11H12ClN3O/c1-7(13)11(8(2)16)15-14-10-5-3-4-9(12)6-10/h3-6,13-14H,1-2H3/b13-7?,15-11-. The van der Waals surface area contributed by atoms with Crippen LogP contribution in [0.2, 0.25) is 5.02 Å². The van der Waals surface area contributed by atoms with E-state index in [9.17, 15) is 4.79 Å². The van der Waals surface area contributed by atoms with Crippen LogP contribution < -0.4 is 5.43 Å². The van der Waals surface area contributed by atoms with Gasteiger partial charge in [0.15, 0.2) is 5.78 Å². The first-order valence-corrected chi connectivity index (χ1v) is 5.04. The molecule has 0 heterocycles. The van der Waals surface area contributed by atoms with Crippen LogP contribution in [-0.4, -0.2) is 17.2 Å². The molecule has 0 spiro atoms. The summed E-state index contributed by atoms with van der Waals surface area (Å²) in [4.78, 5) is 11.1. The SMILES string of the molecule is CC(=N)/C(=N/Nc1cccc(Cl)c1)C(C)=O. The van der Waals surface area contributed by atoms with Crippen molar-refractivity contribution in [3.63, 3.8) is 0 Å². The molecule has 0 atom stereocenters. The Morgan fingerprint density at radius 3 is 2.62 bits per heavy atom. The number of halogens is 1. The first kappa shape index (κ1) is 12.4. The highest BCUT2D eigenvalue weighted by Crippen LogP contribution is 2.14. The first-order valence-electron chi connectivity index (χ1n) is 4.66. The van der Waals surface area contributed by atoms with Crippen molar-refractivity contribution in [2.45, 2.75) is 13.8 Å². The third kappa shape index (κ3) is 3.47. The van der Waals surface area contributed by atoms with Gasteiger partial charge in [-0.2, -0.15) is 5.10 Å². The molecule has 0 aliphatic carbocycles. The maximum atomic E-state index is 11.1. The van der Waals surface area contributed by atoms with Crippen LogP contribution in [0.1, 0.15) is 13.8 Å². The summed E-state index contributed by atoms with van der Waals surface area (Å²) in [5.74, 6) is -0.248. The Kier molecular flexibility index (Phi) is 4.19. The summed E-state index contributed by atoms with van der Waals surface area (Å²) in [7, 11) is 0. The second kappa shape index (κ2) is 5.42. The molecule has 0 saturated carbocycles. The summed E-state index contributed by atoms with van der Waals surface area (Å²) in [5, 5.41) is 11.8. The van der Waals surface area contributed by atoms with E-state index >= 15 is 0 Å². The number of carbonyl (C=O) groups excluding carboxylic acids is 1. The lowest BCUT2D eigenvalue weighted by molar-refractivity contribution is -0.110. The zero-order chi connectivity index (χ0) is 12.1. The highest BCUT2D eigenvalue weighted by molar-refractivity contribution is 6.66. The van der Waals surface area contributed by atoms with E-state index in [-0.39, 0.29) is 17.2 Å². The summed E-state index contributed by atoms with van der Waals surface area (Å²) < 4.78 is 0. The van der Waals surface area contributed by atoms with Gasteiger partial charge in [0.1, 0.15) is 5.71 Å². The monoisotopic (exact) mass is 237 g/mol. The van der Waals surface area contributed by atoms with Crippen LogP contribution in [0.15, 0.2) is 29.4 Å². The van der Waals surface area contributed by atoms with Gasteiger partial charge in [-0.25, -0.2) is 0 Å². The lowest BCUT2D eigenvalue weighted by Gasteiger charge is -2.03. The lowest BCUT2D eigenvalue weighted by atomic mass is 10.2. The molecule has 0 aliphatic heterocycles. The number of hydrogen-bond acceptors (Lipinski definition) is 4. The molecule has 5 heteroatoms. The largest absolute Gasteiger partial charge is 0.303 e. The minimum absolute atomic E-state index is 0.111. The van der Waals surface area contributed by atoms with Gasteiger partial charge in [0, 0.05) is 11.9 Å². The van der Waals surface area contributed by atoms with Crippen molar-refractivity contribution >= 4 is 34.5 Å². The summed E-state index contributed by atoms with van der Waals surface area (Å²) in [6.45, 7) is 2.89. The molecule has 16 heavy (non-hydrogen) atoms. The van der Waals surface area contributed by atoms with Gasteiger partial charge in [-0.1, -0.05) is 17.7 Å². The number of rotatable bonds is 4. The number of anilines is 1. The molecule has 4 nitrogen and oxygen atoms in total. The predicted octanol–water partition coefficient (Wildman–Crippen LogP) is 2.74. The van der Waals surface area contributed by atoms with Crippen molar-refractivity contribution < 1.29 is 4.79 Å². The van der Waals surface area contributed by atoms with Crippen molar-refractivity contribution in [2.75, 3.05) is 5.43 Å². The van der Waals surface area contributed by atoms with E-state index in [1.54, 1.807) is 24.3 Å². The molecule has 1 rings (SSSR count). The molecular weight excluding hydrogens is 226 g/mol. The summed E-state index contributed by atoms with van der Waals surface area (Å²) in [6, 6.07) is 6.96. The Hall–Kier alpha value is -1.68. The number of nitrogens with one attached hydrogen (secondary N) is 2. The van der Waals surface area contributed by atoms with Crippen LogP contribution in [0.3, 0.4) is 0 Å². The zero-order valence-corrected chi connectivity index (χ0v) is 9.80. The zero-order valence-electron chi connectivity index (χ0n) is 9.04. The fraction of sp³-hybridized carbons (Fsp3) is 0.182. The van der Waals surface area contributed by atoms with Gasteiger partial charge < -0.3 is 5.41 Å². The Morgan fingerprint density at radius 1 is 1.44 bits per heavy atom. The van der Waals surface area contributed by atoms with E-state index in [4.69, 9.17) is 17.0 Å². The molecule has 2 N–H and O–H groups in total. The predicted molar refractivity (Wildman–Crippen MR) is 66.6 cm³/mol. The van der Waals surface area contributed by atoms with E-state index in [0.29, 0.717) is 10.7 Å². The van der Waals surface area contributed by atoms with Crippen LogP contribution >= 0.6 is 11.6 Å². The maximum Gasteiger partial charge on any atom is 0.181 e. The van der Waals surface area contributed by atoms with Crippen molar-refractivity contribution in [3.05, 3.63) is 29.3 Å². The molecule has 1 aromatic rings. The van der Waals surface area contributed by atoms with Crippen LogP contribution in [0.5, 0.6) is 0 Å².